The lowest BCUT2D eigenvalue weighted by atomic mass is 11.8. The van der Waals surface area contributed by atoms with Crippen molar-refractivity contribution in [2.75, 3.05) is 0 Å². The zero-order chi connectivity index (χ0) is 22.0. The largest absolute Gasteiger partial charge is 0.0748 e. The summed E-state index contributed by atoms with van der Waals surface area (Å²) in [6, 6.07) is 0. The molecule has 0 N–H and O–H groups in total. The molecule has 158 valence electrons. The lowest BCUT2D eigenvalue weighted by Crippen LogP contribution is -2.96. The Balaban J connectivity index is 7.12. The maximum atomic E-state index is 2.97. The van der Waals surface area contributed by atoms with Crippen molar-refractivity contribution in [1.82, 2.24) is 0 Å². The van der Waals surface area contributed by atoms with Crippen LogP contribution in [0.3, 0.4) is 0 Å². The van der Waals surface area contributed by atoms with Gasteiger partial charge in [-0.1, -0.05) is 118 Å². The lowest BCUT2D eigenvalue weighted by Gasteiger charge is -2.68. The van der Waals surface area contributed by atoms with Crippen molar-refractivity contribution in [3.63, 3.8) is 0 Å². The van der Waals surface area contributed by atoms with Crippen LogP contribution in [0, 0.1) is 0 Å². The van der Waals surface area contributed by atoms with E-state index >= 15 is 0 Å². The third-order valence-electron chi connectivity index (χ3n) is 10.1. The van der Waals surface area contributed by atoms with Gasteiger partial charge in [0.1, 0.15) is 0 Å². The highest BCUT2D eigenvalue weighted by atomic mass is 30.2. The topological polar surface area (TPSA) is 0 Å². The second-order valence-corrected chi connectivity index (χ2v) is 106. The fraction of sp³-hybridized carbons (Fsp3) is 1.00. The standard InChI is InChI=1S/C18H54Si8/c1-19(2,3)25(17,20(4,5)6)23(13,14)24(15,16)26(18,21(7,8)9)22(10,11)12/h1-18H3. The van der Waals surface area contributed by atoms with Gasteiger partial charge in [0.25, 0.3) is 0 Å². The van der Waals surface area contributed by atoms with Crippen LogP contribution in [0.4, 0.5) is 0 Å². The fourth-order valence-corrected chi connectivity index (χ4v) is 297. The highest BCUT2D eigenvalue weighted by molar-refractivity contribution is 8.10. The van der Waals surface area contributed by atoms with Crippen molar-refractivity contribution in [3.8, 4) is 0 Å². The van der Waals surface area contributed by atoms with Crippen LogP contribution < -0.4 is 0 Å². The molecule has 0 aromatic rings. The van der Waals surface area contributed by atoms with Crippen LogP contribution in [0.15, 0.2) is 0 Å². The summed E-state index contributed by atoms with van der Waals surface area (Å²) >= 11 is 0. The van der Waals surface area contributed by atoms with Gasteiger partial charge in [-0.3, -0.25) is 0 Å². The van der Waals surface area contributed by atoms with E-state index in [1.54, 1.807) is 0 Å². The van der Waals surface area contributed by atoms with Crippen LogP contribution in [0.2, 0.25) is 118 Å². The molecule has 0 aliphatic carbocycles. The first-order chi connectivity index (χ1) is 10.8. The molecule has 0 bridgehead atoms. The Hall–Kier alpha value is 1.74. The van der Waals surface area contributed by atoms with Gasteiger partial charge in [0.2, 0.25) is 0 Å². The molecule has 0 aliphatic rings. The van der Waals surface area contributed by atoms with Crippen LogP contribution in [0.25, 0.3) is 0 Å². The van der Waals surface area contributed by atoms with E-state index in [9.17, 15) is 0 Å². The van der Waals surface area contributed by atoms with Gasteiger partial charge < -0.3 is 0 Å². The van der Waals surface area contributed by atoms with Gasteiger partial charge in [0, 0.05) is 57.8 Å². The summed E-state index contributed by atoms with van der Waals surface area (Å²) in [4.78, 5) is 0. The van der Waals surface area contributed by atoms with Crippen LogP contribution >= 0.6 is 0 Å². The van der Waals surface area contributed by atoms with Crippen molar-refractivity contribution < 1.29 is 0 Å². The molecule has 0 saturated heterocycles. The molecule has 0 spiro atoms. The molecule has 0 atom stereocenters. The van der Waals surface area contributed by atoms with Crippen LogP contribution in [0.1, 0.15) is 0 Å². The molecule has 0 aromatic heterocycles. The maximum Gasteiger partial charge on any atom is 0.0332 e. The maximum absolute atomic E-state index is 2.97. The Bertz CT molecular complexity index is 433. The van der Waals surface area contributed by atoms with Gasteiger partial charge in [-0.2, -0.15) is 0 Å². The Morgan fingerprint density at radius 1 is 0.231 bits per heavy atom. The summed E-state index contributed by atoms with van der Waals surface area (Å²) in [5.41, 5.74) is 0. The van der Waals surface area contributed by atoms with E-state index in [1.807, 2.05) is 0 Å². The molecule has 26 heavy (non-hydrogen) atoms. The number of hydrogen-bond donors (Lipinski definition) is 0. The Kier molecular flexibility index (Phi) is 7.64. The predicted molar refractivity (Wildman–Crippen MR) is 152 cm³/mol. The average molecular weight is 495 g/mol. The third-order valence-corrected chi connectivity index (χ3v) is 199. The molecular formula is C18H54Si8. The third kappa shape index (κ3) is 3.76. The van der Waals surface area contributed by atoms with Crippen molar-refractivity contribution in [2.45, 2.75) is 118 Å². The quantitative estimate of drug-likeness (QED) is 0.322. The molecule has 0 radical (unpaired) electrons. The van der Waals surface area contributed by atoms with E-state index in [-0.39, 0.29) is 0 Å². The molecular weight excluding hydrogens is 441 g/mol. The zero-order valence-electron chi connectivity index (χ0n) is 22.0. The first-order valence-electron chi connectivity index (χ1n) is 10.8. The second-order valence-electron chi connectivity index (χ2n) is 14.5. The Morgan fingerprint density at radius 3 is 0.423 bits per heavy atom. The SMILES string of the molecule is C[Si](C)(C)[Si](C)([Si](C)(C)C)[Si](C)(C)[Si](C)(C)[Si](C)([Si](C)(C)C)[Si](C)(C)C. The van der Waals surface area contributed by atoms with Gasteiger partial charge in [-0.15, -0.1) is 0 Å². The first-order valence-corrected chi connectivity index (χ1v) is 42.8. The van der Waals surface area contributed by atoms with Crippen molar-refractivity contribution >= 4 is 57.8 Å². The van der Waals surface area contributed by atoms with E-state index in [1.165, 1.54) is 0 Å². The zero-order valence-corrected chi connectivity index (χ0v) is 30.0. The summed E-state index contributed by atoms with van der Waals surface area (Å²) in [5, 5.41) is 0. The Labute approximate surface area is 175 Å². The van der Waals surface area contributed by atoms with Crippen molar-refractivity contribution in [1.29, 1.82) is 0 Å². The van der Waals surface area contributed by atoms with E-state index in [2.05, 4.69) is 118 Å². The van der Waals surface area contributed by atoms with Crippen LogP contribution in [-0.2, 0) is 0 Å². The summed E-state index contributed by atoms with van der Waals surface area (Å²) in [7, 11) is -7.11. The van der Waals surface area contributed by atoms with Crippen LogP contribution in [-0.4, -0.2) is 57.8 Å². The molecule has 0 aromatic carbocycles. The van der Waals surface area contributed by atoms with Gasteiger partial charge in [-0.25, -0.2) is 0 Å². The summed E-state index contributed by atoms with van der Waals surface area (Å²) in [6.45, 7) is 48.7. The van der Waals surface area contributed by atoms with E-state index in [0.717, 1.165) is 0 Å². The van der Waals surface area contributed by atoms with E-state index in [0.29, 0.717) is 0 Å². The second kappa shape index (κ2) is 7.16. The van der Waals surface area contributed by atoms with Gasteiger partial charge in [0.15, 0.2) is 0 Å². The van der Waals surface area contributed by atoms with E-state index < -0.39 is 57.8 Å². The molecule has 0 saturated carbocycles. The summed E-state index contributed by atoms with van der Waals surface area (Å²) in [6.07, 6.45) is 0. The summed E-state index contributed by atoms with van der Waals surface area (Å²) in [5.74, 6) is 0. The molecule has 0 aliphatic heterocycles. The van der Waals surface area contributed by atoms with E-state index in [4.69, 9.17) is 0 Å². The molecule has 8 heteroatoms. The monoisotopic (exact) mass is 494 g/mol. The normalized spacial score (nSPS) is 16.8. The van der Waals surface area contributed by atoms with Crippen molar-refractivity contribution in [2.24, 2.45) is 0 Å². The van der Waals surface area contributed by atoms with Gasteiger partial charge in [0.05, 0.1) is 0 Å². The molecule has 0 heterocycles. The van der Waals surface area contributed by atoms with Crippen LogP contribution in [0.5, 0.6) is 0 Å². The van der Waals surface area contributed by atoms with Gasteiger partial charge >= 0.3 is 0 Å². The summed E-state index contributed by atoms with van der Waals surface area (Å²) < 4.78 is 0. The number of hydrogen-bond acceptors (Lipinski definition) is 0. The smallest absolute Gasteiger partial charge is 0.0332 e. The minimum Gasteiger partial charge on any atom is -0.0748 e. The fourth-order valence-electron chi connectivity index (χ4n) is 7.25. The Morgan fingerprint density at radius 2 is 0.346 bits per heavy atom. The molecule has 0 fully saturated rings. The van der Waals surface area contributed by atoms with Gasteiger partial charge in [-0.05, 0) is 0 Å². The number of rotatable bonds is 7. The highest BCUT2D eigenvalue weighted by Crippen LogP contribution is 2.47. The molecule has 0 nitrogen and oxygen atoms in total. The lowest BCUT2D eigenvalue weighted by molar-refractivity contribution is 1.71. The minimum absolute atomic E-state index is 1.14. The molecule has 0 rings (SSSR count). The predicted octanol–water partition coefficient (Wildman–Crippen LogP) is 7.46. The first kappa shape index (κ1) is 27.7. The van der Waals surface area contributed by atoms with Crippen molar-refractivity contribution in [3.05, 3.63) is 0 Å². The molecule has 0 amide bonds. The minimum atomic E-state index is -1.28. The highest BCUT2D eigenvalue weighted by Gasteiger charge is 2.72. The molecule has 0 unspecified atom stereocenters. The average Bonchev–Trinajstić information content (AvgIpc) is 2.30.